The van der Waals surface area contributed by atoms with Gasteiger partial charge in [0.15, 0.2) is 0 Å². The van der Waals surface area contributed by atoms with Gasteiger partial charge in [-0.15, -0.1) is 0 Å². The van der Waals surface area contributed by atoms with Gasteiger partial charge in [0.2, 0.25) is 5.91 Å². The molecule has 0 bridgehead atoms. The zero-order chi connectivity index (χ0) is 23.3. The average molecular weight is 458 g/mol. The number of rotatable bonds is 6. The molecule has 178 valence electrons. The molecule has 1 saturated carbocycles. The predicted octanol–water partition coefficient (Wildman–Crippen LogP) is 5.44. The number of phenolic OH excluding ortho intramolecular Hbond substituents is 1. The standard InChI is InChI=1S/C29H35N3O2/c33-25-12-7-21(8-13-25)9-14-29(34)31-24-10-5-22(6-11-24)20-32-17-15-23(16-18-32)27-19-30-28-4-2-1-3-26(27)28/h1-4,7-9,12-14,19,22-24,30,33H,5-6,10-11,15-18,20H2,(H,31,34)/b14-9+. The molecule has 0 unspecified atom stereocenters. The lowest BCUT2D eigenvalue weighted by Gasteiger charge is -2.36. The number of piperidine rings is 1. The van der Waals surface area contributed by atoms with Crippen molar-refractivity contribution in [1.82, 2.24) is 15.2 Å². The van der Waals surface area contributed by atoms with E-state index < -0.39 is 0 Å². The van der Waals surface area contributed by atoms with Crippen LogP contribution in [0.2, 0.25) is 0 Å². The van der Waals surface area contributed by atoms with E-state index in [0.717, 1.165) is 24.3 Å². The molecule has 0 radical (unpaired) electrons. The molecule has 3 aromatic rings. The molecule has 3 N–H and O–H groups in total. The fourth-order valence-electron chi connectivity index (χ4n) is 5.72. The molecule has 1 aliphatic carbocycles. The van der Waals surface area contributed by atoms with Gasteiger partial charge in [0, 0.05) is 35.8 Å². The molecule has 0 spiro atoms. The summed E-state index contributed by atoms with van der Waals surface area (Å²) in [6.07, 6.45) is 12.6. The van der Waals surface area contributed by atoms with E-state index in [0.29, 0.717) is 5.92 Å². The summed E-state index contributed by atoms with van der Waals surface area (Å²) in [5, 5.41) is 13.9. The number of para-hydroxylation sites is 1. The monoisotopic (exact) mass is 457 g/mol. The van der Waals surface area contributed by atoms with Crippen molar-refractivity contribution in [2.45, 2.75) is 50.5 Å². The van der Waals surface area contributed by atoms with Crippen molar-refractivity contribution in [1.29, 1.82) is 0 Å². The van der Waals surface area contributed by atoms with Gasteiger partial charge in [0.25, 0.3) is 0 Å². The van der Waals surface area contributed by atoms with Crippen molar-refractivity contribution in [3.05, 3.63) is 71.9 Å². The van der Waals surface area contributed by atoms with Crippen molar-refractivity contribution in [2.24, 2.45) is 5.92 Å². The number of nitrogens with one attached hydrogen (secondary N) is 2. The Bertz CT molecular complexity index is 1120. The molecule has 1 aliphatic heterocycles. The van der Waals surface area contributed by atoms with Crippen LogP contribution in [0, 0.1) is 5.92 Å². The largest absolute Gasteiger partial charge is 0.508 e. The average Bonchev–Trinajstić information content (AvgIpc) is 3.30. The molecule has 2 aliphatic rings. The minimum absolute atomic E-state index is 0.0316. The molecule has 5 nitrogen and oxygen atoms in total. The van der Waals surface area contributed by atoms with Gasteiger partial charge >= 0.3 is 0 Å². The van der Waals surface area contributed by atoms with Crippen LogP contribution in [-0.4, -0.2) is 46.6 Å². The molecule has 2 fully saturated rings. The molecule has 5 heteroatoms. The Morgan fingerprint density at radius 3 is 2.50 bits per heavy atom. The van der Waals surface area contributed by atoms with Crippen LogP contribution < -0.4 is 5.32 Å². The number of carbonyl (C=O) groups excluding carboxylic acids is 1. The topological polar surface area (TPSA) is 68.4 Å². The summed E-state index contributed by atoms with van der Waals surface area (Å²) in [6.45, 7) is 3.56. The van der Waals surface area contributed by atoms with E-state index in [4.69, 9.17) is 0 Å². The Morgan fingerprint density at radius 2 is 1.74 bits per heavy atom. The minimum Gasteiger partial charge on any atom is -0.508 e. The zero-order valence-electron chi connectivity index (χ0n) is 19.7. The first-order valence-electron chi connectivity index (χ1n) is 12.7. The summed E-state index contributed by atoms with van der Waals surface area (Å²) in [7, 11) is 0. The first-order valence-corrected chi connectivity index (χ1v) is 12.7. The van der Waals surface area contributed by atoms with Gasteiger partial charge < -0.3 is 20.3 Å². The highest BCUT2D eigenvalue weighted by Gasteiger charge is 2.27. The van der Waals surface area contributed by atoms with Crippen molar-refractivity contribution in [3.8, 4) is 5.75 Å². The molecule has 34 heavy (non-hydrogen) atoms. The van der Waals surface area contributed by atoms with E-state index in [-0.39, 0.29) is 17.7 Å². The third-order valence-electron chi connectivity index (χ3n) is 7.68. The first-order chi connectivity index (χ1) is 16.6. The van der Waals surface area contributed by atoms with Crippen molar-refractivity contribution in [3.63, 3.8) is 0 Å². The lowest BCUT2D eigenvalue weighted by atomic mass is 9.84. The smallest absolute Gasteiger partial charge is 0.244 e. The summed E-state index contributed by atoms with van der Waals surface area (Å²) in [5.74, 6) is 1.60. The molecular formula is C29H35N3O2. The summed E-state index contributed by atoms with van der Waals surface area (Å²) in [6, 6.07) is 15.8. The van der Waals surface area contributed by atoms with E-state index >= 15 is 0 Å². The van der Waals surface area contributed by atoms with Crippen LogP contribution in [0.5, 0.6) is 5.75 Å². The Hall–Kier alpha value is -3.05. The van der Waals surface area contributed by atoms with Gasteiger partial charge in [-0.3, -0.25) is 4.79 Å². The highest BCUT2D eigenvalue weighted by molar-refractivity contribution is 5.91. The molecule has 1 saturated heterocycles. The van der Waals surface area contributed by atoms with Crippen LogP contribution in [0.4, 0.5) is 0 Å². The van der Waals surface area contributed by atoms with Gasteiger partial charge in [0.05, 0.1) is 0 Å². The fourth-order valence-corrected chi connectivity index (χ4v) is 5.72. The fraction of sp³-hybridized carbons (Fsp3) is 0.414. The highest BCUT2D eigenvalue weighted by atomic mass is 16.3. The van der Waals surface area contributed by atoms with Crippen LogP contribution in [0.3, 0.4) is 0 Å². The number of amides is 1. The van der Waals surface area contributed by atoms with Gasteiger partial charge in [-0.2, -0.15) is 0 Å². The summed E-state index contributed by atoms with van der Waals surface area (Å²) >= 11 is 0. The van der Waals surface area contributed by atoms with E-state index in [2.05, 4.69) is 45.7 Å². The quantitative estimate of drug-likeness (QED) is 0.432. The number of carbonyl (C=O) groups is 1. The van der Waals surface area contributed by atoms with Gasteiger partial charge in [0.1, 0.15) is 5.75 Å². The molecule has 2 aromatic carbocycles. The number of H-pyrrole nitrogens is 1. The number of likely N-dealkylation sites (tertiary alicyclic amines) is 1. The number of aromatic nitrogens is 1. The lowest BCUT2D eigenvalue weighted by molar-refractivity contribution is -0.117. The van der Waals surface area contributed by atoms with Gasteiger partial charge in [-0.05, 0) is 98.9 Å². The lowest BCUT2D eigenvalue weighted by Crippen LogP contribution is -2.41. The van der Waals surface area contributed by atoms with Crippen molar-refractivity contribution < 1.29 is 9.90 Å². The molecule has 5 rings (SSSR count). The molecule has 2 heterocycles. The highest BCUT2D eigenvalue weighted by Crippen LogP contribution is 2.34. The summed E-state index contributed by atoms with van der Waals surface area (Å²) in [4.78, 5) is 18.4. The molecule has 1 aromatic heterocycles. The second-order valence-corrected chi connectivity index (χ2v) is 10.0. The van der Waals surface area contributed by atoms with E-state index in [9.17, 15) is 9.90 Å². The van der Waals surface area contributed by atoms with Gasteiger partial charge in [-0.1, -0.05) is 30.3 Å². The molecule has 0 atom stereocenters. The van der Waals surface area contributed by atoms with Crippen molar-refractivity contribution >= 4 is 22.9 Å². The predicted molar refractivity (Wildman–Crippen MR) is 138 cm³/mol. The van der Waals surface area contributed by atoms with Crippen LogP contribution in [0.15, 0.2) is 60.8 Å². The Kier molecular flexibility index (Phi) is 7.00. The molecular weight excluding hydrogens is 422 g/mol. The number of aromatic amines is 1. The zero-order valence-corrected chi connectivity index (χ0v) is 19.7. The Balaban J connectivity index is 1.03. The summed E-state index contributed by atoms with van der Waals surface area (Å²) in [5.41, 5.74) is 3.65. The maximum Gasteiger partial charge on any atom is 0.244 e. The maximum atomic E-state index is 12.3. The van der Waals surface area contributed by atoms with E-state index in [1.54, 1.807) is 36.4 Å². The van der Waals surface area contributed by atoms with Crippen molar-refractivity contribution in [2.75, 3.05) is 19.6 Å². The van der Waals surface area contributed by atoms with Crippen LogP contribution in [0.25, 0.3) is 17.0 Å². The number of nitrogens with zero attached hydrogens (tertiary/aromatic N) is 1. The Labute approximate surface area is 201 Å². The number of phenols is 1. The maximum absolute atomic E-state index is 12.3. The second-order valence-electron chi connectivity index (χ2n) is 10.0. The number of aromatic hydroxyl groups is 1. The van der Waals surface area contributed by atoms with Gasteiger partial charge in [-0.25, -0.2) is 0 Å². The number of hydrogen-bond acceptors (Lipinski definition) is 3. The normalized spacial score (nSPS) is 22.4. The minimum atomic E-state index is -0.0316. The second kappa shape index (κ2) is 10.5. The third kappa shape index (κ3) is 5.53. The van der Waals surface area contributed by atoms with Crippen LogP contribution >= 0.6 is 0 Å². The SMILES string of the molecule is O=C(/C=C/c1ccc(O)cc1)NC1CCC(CN2CCC(c3c[nH]c4ccccc34)CC2)CC1. The molecule has 1 amide bonds. The number of fused-ring (bicyclic) bond motifs is 1. The van der Waals surface area contributed by atoms with Crippen LogP contribution in [0.1, 0.15) is 55.6 Å². The first kappa shape index (κ1) is 22.7. The Morgan fingerprint density at radius 1 is 1.00 bits per heavy atom. The number of hydrogen-bond donors (Lipinski definition) is 3. The third-order valence-corrected chi connectivity index (χ3v) is 7.68. The van der Waals surface area contributed by atoms with Crippen LogP contribution in [-0.2, 0) is 4.79 Å². The van der Waals surface area contributed by atoms with E-state index in [1.165, 1.54) is 61.8 Å². The summed E-state index contributed by atoms with van der Waals surface area (Å²) < 4.78 is 0. The van der Waals surface area contributed by atoms with E-state index in [1.807, 2.05) is 0 Å². The number of benzene rings is 2.